The number of fused-ring (bicyclic) bond motifs is 1. The number of halogens is 3. The summed E-state index contributed by atoms with van der Waals surface area (Å²) < 4.78 is 70.9. The van der Waals surface area contributed by atoms with Crippen molar-refractivity contribution in [2.45, 2.75) is 18.6 Å². The van der Waals surface area contributed by atoms with E-state index in [0.29, 0.717) is 16.9 Å². The van der Waals surface area contributed by atoms with E-state index < -0.39 is 40.8 Å². The van der Waals surface area contributed by atoms with Crippen LogP contribution in [0.4, 0.5) is 30.4 Å². The van der Waals surface area contributed by atoms with Gasteiger partial charge in [-0.2, -0.15) is 0 Å². The Hall–Kier alpha value is -3.29. The van der Waals surface area contributed by atoms with Gasteiger partial charge in [0.25, 0.3) is 6.43 Å². The predicted octanol–water partition coefficient (Wildman–Crippen LogP) is 2.97. The van der Waals surface area contributed by atoms with E-state index in [2.05, 4.69) is 25.9 Å². The van der Waals surface area contributed by atoms with Gasteiger partial charge in [-0.05, 0) is 24.1 Å². The van der Waals surface area contributed by atoms with Gasteiger partial charge in [-0.3, -0.25) is 0 Å². The van der Waals surface area contributed by atoms with Crippen LogP contribution in [-0.4, -0.2) is 69.9 Å². The highest BCUT2D eigenvalue weighted by Crippen LogP contribution is 2.37. The van der Waals surface area contributed by atoms with Gasteiger partial charge in [0.05, 0.1) is 35.5 Å². The van der Waals surface area contributed by atoms with Crippen LogP contribution in [0.15, 0.2) is 36.7 Å². The van der Waals surface area contributed by atoms with Crippen molar-refractivity contribution in [1.29, 1.82) is 0 Å². The van der Waals surface area contributed by atoms with Crippen LogP contribution in [0.2, 0.25) is 0 Å². The Balaban J connectivity index is 1.75. The number of nitrogens with zero attached hydrogens (tertiary/aromatic N) is 2. The molecular weight excluding hydrogens is 489 g/mol. The van der Waals surface area contributed by atoms with Crippen LogP contribution >= 0.6 is 0 Å². The van der Waals surface area contributed by atoms with Gasteiger partial charge in [0.2, 0.25) is 0 Å². The minimum Gasteiger partial charge on any atom is -0.487 e. The molecule has 2 heterocycles. The lowest BCUT2D eigenvalue weighted by atomic mass is 10.1. The number of benzene rings is 2. The molecule has 0 aliphatic carbocycles. The Bertz CT molecular complexity index is 1330. The summed E-state index contributed by atoms with van der Waals surface area (Å²) in [5.74, 6) is 3.21. The predicted molar refractivity (Wildman–Crippen MR) is 127 cm³/mol. The number of anilines is 3. The molecule has 1 aromatic heterocycles. The first-order valence-electron chi connectivity index (χ1n) is 10.4. The number of aromatic nitrogens is 2. The Morgan fingerprint density at radius 2 is 2.06 bits per heavy atom. The lowest BCUT2D eigenvalue weighted by Crippen LogP contribution is -2.30. The fraction of sp³-hybridized carbons (Fsp3) is 0.318. The Labute approximate surface area is 199 Å². The van der Waals surface area contributed by atoms with E-state index in [-0.39, 0.29) is 35.9 Å². The highest BCUT2D eigenvalue weighted by atomic mass is 32.2. The van der Waals surface area contributed by atoms with Crippen molar-refractivity contribution in [3.63, 3.8) is 0 Å². The first-order valence-corrected chi connectivity index (χ1v) is 12.5. The molecule has 9 nitrogen and oxygen atoms in total. The second-order valence-corrected chi connectivity index (χ2v) is 10.1. The van der Waals surface area contributed by atoms with Gasteiger partial charge in [-0.1, -0.05) is 0 Å². The zero-order chi connectivity index (χ0) is 25.2. The quantitative estimate of drug-likeness (QED) is 0.375. The van der Waals surface area contributed by atoms with E-state index in [0.717, 1.165) is 6.07 Å². The molecule has 3 unspecified atom stereocenters. The highest BCUT2D eigenvalue weighted by Gasteiger charge is 2.29. The van der Waals surface area contributed by atoms with Crippen molar-refractivity contribution in [1.82, 2.24) is 9.97 Å². The molecule has 0 amide bonds. The smallest absolute Gasteiger partial charge is 0.272 e. The van der Waals surface area contributed by atoms with Gasteiger partial charge in [0.1, 0.15) is 42.2 Å². The SMILES string of the molecule is C=S(C)(=O)Nc1cc(OCC(F)F)c2c(Nc3ccc(F)cc3OC3COCC3O)ncnc2c1. The summed E-state index contributed by atoms with van der Waals surface area (Å²) in [6.45, 7) is -0.678. The number of aliphatic hydroxyl groups is 1. The summed E-state index contributed by atoms with van der Waals surface area (Å²) in [4.78, 5) is 8.38. The molecule has 1 aliphatic rings. The van der Waals surface area contributed by atoms with Crippen molar-refractivity contribution >= 4 is 43.7 Å². The summed E-state index contributed by atoms with van der Waals surface area (Å²) in [6, 6.07) is 6.68. The molecule has 1 aliphatic heterocycles. The molecule has 0 spiro atoms. The number of hydrogen-bond donors (Lipinski definition) is 3. The topological polar surface area (TPSA) is 115 Å². The molecule has 35 heavy (non-hydrogen) atoms. The number of hydrogen-bond acceptors (Lipinski definition) is 8. The molecular formula is C22H23F3N4O5S. The molecule has 2 aromatic carbocycles. The summed E-state index contributed by atoms with van der Waals surface area (Å²) in [7, 11) is -2.67. The van der Waals surface area contributed by atoms with Crippen molar-refractivity contribution in [2.24, 2.45) is 0 Å². The van der Waals surface area contributed by atoms with Crippen molar-refractivity contribution in [3.8, 4) is 11.5 Å². The Morgan fingerprint density at radius 1 is 1.26 bits per heavy atom. The molecule has 1 fully saturated rings. The molecule has 1 saturated heterocycles. The first kappa shape index (κ1) is 24.8. The van der Waals surface area contributed by atoms with Crippen LogP contribution in [0, 0.1) is 5.82 Å². The lowest BCUT2D eigenvalue weighted by molar-refractivity contribution is 0.0736. The maximum Gasteiger partial charge on any atom is 0.272 e. The Kier molecular flexibility index (Phi) is 7.19. The van der Waals surface area contributed by atoms with Gasteiger partial charge < -0.3 is 29.4 Å². The summed E-state index contributed by atoms with van der Waals surface area (Å²) in [5.41, 5.74) is 0.890. The number of aliphatic hydroxyl groups excluding tert-OH is 1. The summed E-state index contributed by atoms with van der Waals surface area (Å²) >= 11 is 0. The number of alkyl halides is 2. The van der Waals surface area contributed by atoms with Gasteiger partial charge in [0, 0.05) is 28.1 Å². The fourth-order valence-corrected chi connectivity index (χ4v) is 4.06. The van der Waals surface area contributed by atoms with E-state index in [9.17, 15) is 22.5 Å². The van der Waals surface area contributed by atoms with E-state index >= 15 is 0 Å². The van der Waals surface area contributed by atoms with E-state index in [1.165, 1.54) is 30.8 Å². The minimum atomic E-state index is -2.75. The largest absolute Gasteiger partial charge is 0.487 e. The third kappa shape index (κ3) is 6.24. The molecule has 3 atom stereocenters. The second-order valence-electron chi connectivity index (χ2n) is 7.93. The highest BCUT2D eigenvalue weighted by molar-refractivity contribution is 8.00. The molecule has 3 aromatic rings. The number of nitrogens with one attached hydrogen (secondary N) is 2. The van der Waals surface area contributed by atoms with Gasteiger partial charge in [-0.15, -0.1) is 0 Å². The van der Waals surface area contributed by atoms with Crippen LogP contribution in [0.3, 0.4) is 0 Å². The van der Waals surface area contributed by atoms with Gasteiger partial charge in [-0.25, -0.2) is 27.3 Å². The normalized spacial score (nSPS) is 19.5. The third-order valence-electron chi connectivity index (χ3n) is 4.88. The zero-order valence-corrected chi connectivity index (χ0v) is 19.4. The van der Waals surface area contributed by atoms with E-state index in [1.54, 1.807) is 6.07 Å². The molecule has 188 valence electrons. The van der Waals surface area contributed by atoms with Crippen LogP contribution in [0.25, 0.3) is 10.9 Å². The van der Waals surface area contributed by atoms with Gasteiger partial charge >= 0.3 is 0 Å². The molecule has 0 bridgehead atoms. The molecule has 0 saturated carbocycles. The summed E-state index contributed by atoms with van der Waals surface area (Å²) in [6.07, 6.45) is -1.72. The molecule has 13 heteroatoms. The van der Waals surface area contributed by atoms with E-state index in [4.69, 9.17) is 14.2 Å². The van der Waals surface area contributed by atoms with Crippen LogP contribution in [0.1, 0.15) is 0 Å². The van der Waals surface area contributed by atoms with E-state index in [1.807, 2.05) is 0 Å². The maximum absolute atomic E-state index is 14.0. The molecule has 3 N–H and O–H groups in total. The zero-order valence-electron chi connectivity index (χ0n) is 18.5. The van der Waals surface area contributed by atoms with Crippen molar-refractivity contribution in [2.75, 3.05) is 36.1 Å². The van der Waals surface area contributed by atoms with Gasteiger partial charge in [0.15, 0.2) is 6.10 Å². The fourth-order valence-electron chi connectivity index (χ4n) is 3.45. The minimum absolute atomic E-state index is 0.00115. The van der Waals surface area contributed by atoms with Crippen molar-refractivity contribution < 1.29 is 36.7 Å². The summed E-state index contributed by atoms with van der Waals surface area (Å²) in [5, 5.41) is 13.3. The molecule has 4 rings (SSSR count). The average molecular weight is 513 g/mol. The Morgan fingerprint density at radius 3 is 2.74 bits per heavy atom. The second kappa shape index (κ2) is 10.1. The average Bonchev–Trinajstić information content (AvgIpc) is 3.17. The molecule has 0 radical (unpaired) electrons. The monoisotopic (exact) mass is 512 g/mol. The van der Waals surface area contributed by atoms with Crippen LogP contribution in [0.5, 0.6) is 11.5 Å². The first-order chi connectivity index (χ1) is 16.6. The van der Waals surface area contributed by atoms with Crippen LogP contribution < -0.4 is 19.5 Å². The standard InChI is InChI=1S/C22H23F3N4O5S/c1-35(2,31)29-13-6-15-21(18(7-13)33-10-20(24)25)22(27-11-26-15)28-14-4-3-12(23)5-17(14)34-19-9-32-8-16(19)30/h3-7,11,16,19-20,30H,1,8-10H2,2H3,(H,29,31)(H,26,27,28). The number of ether oxygens (including phenoxy) is 3. The third-order valence-corrected chi connectivity index (χ3v) is 5.54. The van der Waals surface area contributed by atoms with Crippen molar-refractivity contribution in [3.05, 3.63) is 42.5 Å². The maximum atomic E-state index is 14.0. The van der Waals surface area contributed by atoms with Crippen LogP contribution in [-0.2, 0) is 14.4 Å². The lowest BCUT2D eigenvalue weighted by Gasteiger charge is -2.20. The number of rotatable bonds is 9.